The second-order valence-electron chi connectivity index (χ2n) is 6.01. The zero-order valence-electron chi connectivity index (χ0n) is 13.3. The number of rotatable bonds is 5. The Morgan fingerprint density at radius 1 is 1.23 bits per heavy atom. The van der Waals surface area contributed by atoms with Crippen molar-refractivity contribution in [3.05, 3.63) is 29.8 Å². The molecule has 2 heterocycles. The van der Waals surface area contributed by atoms with Gasteiger partial charge in [-0.1, -0.05) is 35.9 Å². The molecule has 3 rings (SSSR count). The number of hydrogen-bond donors (Lipinski definition) is 0. The largest absolute Gasteiger partial charge is 0.411 e. The third kappa shape index (κ3) is 3.90. The van der Waals surface area contributed by atoms with Gasteiger partial charge in [0.1, 0.15) is 0 Å². The number of benzene rings is 1. The third-order valence-corrected chi connectivity index (χ3v) is 5.15. The molecule has 1 atom stereocenters. The molecule has 0 aliphatic carbocycles. The van der Waals surface area contributed by atoms with Crippen molar-refractivity contribution in [3.63, 3.8) is 0 Å². The first-order valence-electron chi connectivity index (χ1n) is 7.96. The summed E-state index contributed by atoms with van der Waals surface area (Å²) in [5.41, 5.74) is 2.21. The van der Waals surface area contributed by atoms with Crippen molar-refractivity contribution >= 4 is 11.8 Å². The zero-order valence-corrected chi connectivity index (χ0v) is 14.1. The molecule has 1 unspecified atom stereocenters. The number of nitrogens with zero attached hydrogens (tertiary/aromatic N) is 3. The van der Waals surface area contributed by atoms with Crippen LogP contribution in [0.15, 0.2) is 33.9 Å². The predicted octanol–water partition coefficient (Wildman–Crippen LogP) is 4.01. The molecule has 0 radical (unpaired) electrons. The van der Waals surface area contributed by atoms with Crippen LogP contribution >= 0.6 is 11.8 Å². The number of thioether (sulfide) groups is 1. The van der Waals surface area contributed by atoms with E-state index in [1.165, 1.54) is 37.8 Å². The summed E-state index contributed by atoms with van der Waals surface area (Å²) in [7, 11) is 2.23. The van der Waals surface area contributed by atoms with Gasteiger partial charge in [-0.15, -0.1) is 10.2 Å². The van der Waals surface area contributed by atoms with Crippen LogP contribution in [0.25, 0.3) is 11.5 Å². The fourth-order valence-corrected chi connectivity index (χ4v) is 3.67. The minimum atomic E-state index is 0.609. The first-order valence-corrected chi connectivity index (χ1v) is 8.94. The van der Waals surface area contributed by atoms with Crippen LogP contribution in [0.3, 0.4) is 0 Å². The van der Waals surface area contributed by atoms with Crippen LogP contribution in [0.5, 0.6) is 0 Å². The van der Waals surface area contributed by atoms with Crippen LogP contribution in [0.1, 0.15) is 31.2 Å². The summed E-state index contributed by atoms with van der Waals surface area (Å²) in [5, 5.41) is 8.97. The van der Waals surface area contributed by atoms with Gasteiger partial charge in [0.05, 0.1) is 0 Å². The molecule has 5 heteroatoms. The van der Waals surface area contributed by atoms with Crippen molar-refractivity contribution in [1.29, 1.82) is 0 Å². The lowest BCUT2D eigenvalue weighted by Crippen LogP contribution is -2.36. The lowest BCUT2D eigenvalue weighted by atomic mass is 10.0. The van der Waals surface area contributed by atoms with Crippen LogP contribution in [-0.2, 0) is 0 Å². The second-order valence-corrected chi connectivity index (χ2v) is 7.05. The van der Waals surface area contributed by atoms with Crippen LogP contribution in [0, 0.1) is 6.92 Å². The van der Waals surface area contributed by atoms with Gasteiger partial charge in [-0.25, -0.2) is 0 Å². The Kier molecular flexibility index (Phi) is 5.16. The van der Waals surface area contributed by atoms with Gasteiger partial charge in [0.2, 0.25) is 5.89 Å². The van der Waals surface area contributed by atoms with Crippen molar-refractivity contribution in [3.8, 4) is 11.5 Å². The van der Waals surface area contributed by atoms with Crippen molar-refractivity contribution in [2.75, 3.05) is 19.3 Å². The van der Waals surface area contributed by atoms with E-state index in [2.05, 4.69) is 41.2 Å². The quantitative estimate of drug-likeness (QED) is 0.779. The Morgan fingerprint density at radius 3 is 2.82 bits per heavy atom. The fraction of sp³-hybridized carbons (Fsp3) is 0.529. The number of aryl methyl sites for hydroxylation is 1. The zero-order chi connectivity index (χ0) is 15.4. The Morgan fingerprint density at radius 2 is 2.05 bits per heavy atom. The average Bonchev–Trinajstić information content (AvgIpc) is 2.99. The minimum Gasteiger partial charge on any atom is -0.411 e. The molecule has 1 aromatic heterocycles. The van der Waals surface area contributed by atoms with E-state index < -0.39 is 0 Å². The van der Waals surface area contributed by atoms with Gasteiger partial charge >= 0.3 is 0 Å². The normalized spacial score (nSPS) is 19.5. The molecule has 4 nitrogen and oxygen atoms in total. The molecule has 1 aromatic carbocycles. The summed E-state index contributed by atoms with van der Waals surface area (Å²) >= 11 is 1.67. The molecular weight excluding hydrogens is 294 g/mol. The van der Waals surface area contributed by atoms with E-state index in [0.717, 1.165) is 11.3 Å². The topological polar surface area (TPSA) is 42.2 Å². The maximum atomic E-state index is 5.75. The minimum absolute atomic E-state index is 0.609. The lowest BCUT2D eigenvalue weighted by molar-refractivity contribution is 0.182. The first-order chi connectivity index (χ1) is 10.7. The van der Waals surface area contributed by atoms with Crippen LogP contribution in [0.4, 0.5) is 0 Å². The van der Waals surface area contributed by atoms with Crippen molar-refractivity contribution in [2.24, 2.45) is 0 Å². The van der Waals surface area contributed by atoms with E-state index in [1.807, 2.05) is 12.1 Å². The van der Waals surface area contributed by atoms with Gasteiger partial charge in [-0.3, -0.25) is 0 Å². The molecule has 0 bridgehead atoms. The van der Waals surface area contributed by atoms with Gasteiger partial charge in [-0.2, -0.15) is 0 Å². The van der Waals surface area contributed by atoms with Gasteiger partial charge in [0, 0.05) is 17.4 Å². The third-order valence-electron chi connectivity index (χ3n) is 4.30. The van der Waals surface area contributed by atoms with Crippen LogP contribution in [-0.4, -0.2) is 40.5 Å². The van der Waals surface area contributed by atoms with Crippen LogP contribution < -0.4 is 0 Å². The predicted molar refractivity (Wildman–Crippen MR) is 90.1 cm³/mol. The van der Waals surface area contributed by atoms with Crippen molar-refractivity contribution in [1.82, 2.24) is 15.1 Å². The molecular formula is C17H23N3OS. The fourth-order valence-electron chi connectivity index (χ4n) is 2.87. The van der Waals surface area contributed by atoms with Crippen molar-refractivity contribution < 1.29 is 4.42 Å². The van der Waals surface area contributed by atoms with Gasteiger partial charge in [0.15, 0.2) is 0 Å². The molecule has 1 aliphatic rings. The molecule has 0 saturated carbocycles. The molecule has 22 heavy (non-hydrogen) atoms. The molecule has 0 N–H and O–H groups in total. The number of hydrogen-bond acceptors (Lipinski definition) is 5. The summed E-state index contributed by atoms with van der Waals surface area (Å²) in [6, 6.07) is 8.87. The first kappa shape index (κ1) is 15.6. The van der Waals surface area contributed by atoms with Crippen LogP contribution in [0.2, 0.25) is 0 Å². The van der Waals surface area contributed by atoms with E-state index in [4.69, 9.17) is 4.42 Å². The maximum absolute atomic E-state index is 5.75. The Bertz CT molecular complexity index is 596. The summed E-state index contributed by atoms with van der Waals surface area (Å²) < 4.78 is 5.75. The average molecular weight is 317 g/mol. The molecule has 0 amide bonds. The molecule has 1 fully saturated rings. The molecule has 118 valence electrons. The molecule has 1 aliphatic heterocycles. The highest BCUT2D eigenvalue weighted by Crippen LogP contribution is 2.26. The Hall–Kier alpha value is -1.33. The highest BCUT2D eigenvalue weighted by Gasteiger charge is 2.19. The van der Waals surface area contributed by atoms with E-state index >= 15 is 0 Å². The Balaban J connectivity index is 1.52. The monoisotopic (exact) mass is 317 g/mol. The Labute approximate surface area is 136 Å². The van der Waals surface area contributed by atoms with Gasteiger partial charge < -0.3 is 9.32 Å². The van der Waals surface area contributed by atoms with E-state index in [0.29, 0.717) is 17.2 Å². The SMILES string of the molecule is Cc1ccc(-c2nnc(SCCC3CCCCN3C)o2)cc1. The summed E-state index contributed by atoms with van der Waals surface area (Å²) in [5.74, 6) is 1.64. The summed E-state index contributed by atoms with van der Waals surface area (Å²) in [4.78, 5) is 2.48. The lowest BCUT2D eigenvalue weighted by Gasteiger charge is -2.32. The van der Waals surface area contributed by atoms with Crippen molar-refractivity contribution in [2.45, 2.75) is 43.9 Å². The number of piperidine rings is 1. The molecule has 1 saturated heterocycles. The standard InChI is InChI=1S/C17H23N3OS/c1-13-6-8-14(9-7-13)16-18-19-17(21-16)22-12-10-15-5-3-4-11-20(15)2/h6-9,15H,3-5,10-12H2,1-2H3. The van der Waals surface area contributed by atoms with Gasteiger partial charge in [-0.05, 0) is 51.9 Å². The maximum Gasteiger partial charge on any atom is 0.276 e. The highest BCUT2D eigenvalue weighted by molar-refractivity contribution is 7.99. The van der Waals surface area contributed by atoms with E-state index in [-0.39, 0.29) is 0 Å². The summed E-state index contributed by atoms with van der Waals surface area (Å²) in [6.45, 7) is 3.30. The molecule has 2 aromatic rings. The number of likely N-dealkylation sites (tertiary alicyclic amines) is 1. The smallest absolute Gasteiger partial charge is 0.276 e. The summed E-state index contributed by atoms with van der Waals surface area (Å²) in [6.07, 6.45) is 5.19. The molecule has 0 spiro atoms. The van der Waals surface area contributed by atoms with Gasteiger partial charge in [0.25, 0.3) is 5.22 Å². The number of aromatic nitrogens is 2. The van der Waals surface area contributed by atoms with E-state index in [1.54, 1.807) is 11.8 Å². The highest BCUT2D eigenvalue weighted by atomic mass is 32.2. The van der Waals surface area contributed by atoms with E-state index in [9.17, 15) is 0 Å². The second kappa shape index (κ2) is 7.29.